The second-order valence-corrected chi connectivity index (χ2v) is 6.06. The summed E-state index contributed by atoms with van der Waals surface area (Å²) >= 11 is 5.11. The second kappa shape index (κ2) is 4.59. The highest BCUT2D eigenvalue weighted by molar-refractivity contribution is 7.80. The molecule has 0 amide bonds. The Hall–Kier alpha value is -0.190. The third-order valence-corrected chi connectivity index (χ3v) is 3.96. The van der Waals surface area contributed by atoms with Gasteiger partial charge < -0.3 is 10.5 Å². The van der Waals surface area contributed by atoms with Crippen LogP contribution in [-0.2, 0) is 4.74 Å². The molecule has 2 N–H and O–H groups in total. The van der Waals surface area contributed by atoms with E-state index in [2.05, 4.69) is 18.7 Å². The predicted molar refractivity (Wildman–Crippen MR) is 69.6 cm³/mol. The highest BCUT2D eigenvalue weighted by Crippen LogP contribution is 2.31. The molecule has 0 saturated carbocycles. The SMILES string of the molecule is CC1(C)CCC(CN2CCCC2C(N)=S)O1. The van der Waals surface area contributed by atoms with Crippen LogP contribution in [-0.4, -0.2) is 40.7 Å². The molecule has 0 aromatic rings. The lowest BCUT2D eigenvalue weighted by Gasteiger charge is -2.27. The lowest BCUT2D eigenvalue weighted by atomic mass is 10.1. The van der Waals surface area contributed by atoms with Crippen molar-refractivity contribution in [3.8, 4) is 0 Å². The molecule has 0 aromatic heterocycles. The van der Waals surface area contributed by atoms with Gasteiger partial charge >= 0.3 is 0 Å². The summed E-state index contributed by atoms with van der Waals surface area (Å²) in [6.45, 7) is 6.44. The van der Waals surface area contributed by atoms with E-state index in [1.165, 1.54) is 6.42 Å². The van der Waals surface area contributed by atoms with Crippen molar-refractivity contribution in [3.05, 3.63) is 0 Å². The number of rotatable bonds is 3. The zero-order chi connectivity index (χ0) is 11.8. The van der Waals surface area contributed by atoms with E-state index in [0.717, 1.165) is 32.4 Å². The van der Waals surface area contributed by atoms with E-state index in [4.69, 9.17) is 22.7 Å². The monoisotopic (exact) mass is 242 g/mol. The van der Waals surface area contributed by atoms with Gasteiger partial charge in [-0.3, -0.25) is 4.90 Å². The quantitative estimate of drug-likeness (QED) is 0.765. The van der Waals surface area contributed by atoms with Crippen LogP contribution in [0.15, 0.2) is 0 Å². The fourth-order valence-corrected chi connectivity index (χ4v) is 3.10. The molecule has 2 atom stereocenters. The third kappa shape index (κ3) is 2.73. The van der Waals surface area contributed by atoms with Gasteiger partial charge in [0, 0.05) is 6.54 Å². The van der Waals surface area contributed by atoms with Gasteiger partial charge in [-0.2, -0.15) is 0 Å². The predicted octanol–water partition coefficient (Wildman–Crippen LogP) is 1.69. The molecule has 2 saturated heterocycles. The second-order valence-electron chi connectivity index (χ2n) is 5.59. The summed E-state index contributed by atoms with van der Waals surface area (Å²) < 4.78 is 6.01. The number of thiocarbonyl (C=S) groups is 1. The van der Waals surface area contributed by atoms with Crippen molar-refractivity contribution in [3.63, 3.8) is 0 Å². The Morgan fingerprint density at radius 1 is 1.50 bits per heavy atom. The Labute approximate surface area is 103 Å². The van der Waals surface area contributed by atoms with Gasteiger partial charge in [-0.1, -0.05) is 12.2 Å². The van der Waals surface area contributed by atoms with Crippen LogP contribution in [0, 0.1) is 0 Å². The van der Waals surface area contributed by atoms with Gasteiger partial charge in [-0.05, 0) is 46.1 Å². The summed E-state index contributed by atoms with van der Waals surface area (Å²) in [7, 11) is 0. The molecule has 2 aliphatic heterocycles. The number of ether oxygens (including phenoxy) is 1. The molecule has 0 aliphatic carbocycles. The van der Waals surface area contributed by atoms with E-state index < -0.39 is 0 Å². The molecule has 92 valence electrons. The standard InChI is InChI=1S/C12H22N2OS/c1-12(2)6-5-9(15-12)8-14-7-3-4-10(14)11(13)16/h9-10H,3-8H2,1-2H3,(H2,13,16). The third-order valence-electron chi connectivity index (χ3n) is 3.68. The summed E-state index contributed by atoms with van der Waals surface area (Å²) in [5.74, 6) is 0. The molecule has 2 heterocycles. The molecule has 2 aliphatic rings. The van der Waals surface area contributed by atoms with Gasteiger partial charge in [0.25, 0.3) is 0 Å². The average Bonchev–Trinajstić information content (AvgIpc) is 2.73. The summed E-state index contributed by atoms with van der Waals surface area (Å²) in [6.07, 6.45) is 5.00. The van der Waals surface area contributed by atoms with E-state index in [9.17, 15) is 0 Å². The minimum absolute atomic E-state index is 0.0586. The van der Waals surface area contributed by atoms with Gasteiger partial charge in [-0.25, -0.2) is 0 Å². The van der Waals surface area contributed by atoms with E-state index in [1.54, 1.807) is 0 Å². The first-order chi connectivity index (χ1) is 7.48. The van der Waals surface area contributed by atoms with Gasteiger partial charge in [0.15, 0.2) is 0 Å². The zero-order valence-electron chi connectivity index (χ0n) is 10.2. The van der Waals surface area contributed by atoms with Crippen LogP contribution in [0.4, 0.5) is 0 Å². The summed E-state index contributed by atoms with van der Waals surface area (Å²) in [4.78, 5) is 3.05. The van der Waals surface area contributed by atoms with E-state index in [0.29, 0.717) is 17.1 Å². The number of hydrogen-bond donors (Lipinski definition) is 1. The molecule has 0 radical (unpaired) electrons. The smallest absolute Gasteiger partial charge is 0.0902 e. The van der Waals surface area contributed by atoms with Crippen molar-refractivity contribution < 1.29 is 4.74 Å². The Balaban J connectivity index is 1.88. The molecular formula is C12H22N2OS. The van der Waals surface area contributed by atoms with Crippen molar-refractivity contribution in [1.82, 2.24) is 4.90 Å². The van der Waals surface area contributed by atoms with Crippen molar-refractivity contribution in [2.75, 3.05) is 13.1 Å². The van der Waals surface area contributed by atoms with Crippen LogP contribution in [0.25, 0.3) is 0 Å². The summed E-state index contributed by atoms with van der Waals surface area (Å²) in [6, 6.07) is 0.308. The lowest BCUT2D eigenvalue weighted by Crippen LogP contribution is -2.43. The van der Waals surface area contributed by atoms with Crippen molar-refractivity contribution in [2.24, 2.45) is 5.73 Å². The average molecular weight is 242 g/mol. The molecule has 2 fully saturated rings. The van der Waals surface area contributed by atoms with Crippen molar-refractivity contribution in [1.29, 1.82) is 0 Å². The molecule has 3 nitrogen and oxygen atoms in total. The van der Waals surface area contributed by atoms with E-state index in [1.807, 2.05) is 0 Å². The molecule has 0 aromatic carbocycles. The highest BCUT2D eigenvalue weighted by atomic mass is 32.1. The van der Waals surface area contributed by atoms with Crippen LogP contribution in [0.1, 0.15) is 39.5 Å². The van der Waals surface area contributed by atoms with Crippen molar-refractivity contribution in [2.45, 2.75) is 57.3 Å². The van der Waals surface area contributed by atoms with Gasteiger partial charge in [0.1, 0.15) is 0 Å². The van der Waals surface area contributed by atoms with E-state index >= 15 is 0 Å². The molecule has 0 bridgehead atoms. The van der Waals surface area contributed by atoms with Gasteiger partial charge in [0.2, 0.25) is 0 Å². The normalized spacial score (nSPS) is 34.4. The Morgan fingerprint density at radius 2 is 2.25 bits per heavy atom. The maximum absolute atomic E-state index is 6.01. The maximum atomic E-state index is 6.01. The Morgan fingerprint density at radius 3 is 2.81 bits per heavy atom. The van der Waals surface area contributed by atoms with Crippen LogP contribution in [0.2, 0.25) is 0 Å². The summed E-state index contributed by atoms with van der Waals surface area (Å²) in [5, 5.41) is 0. The molecule has 16 heavy (non-hydrogen) atoms. The number of nitrogens with zero attached hydrogens (tertiary/aromatic N) is 1. The zero-order valence-corrected chi connectivity index (χ0v) is 11.1. The Kier molecular flexibility index (Phi) is 3.52. The molecule has 4 heteroatoms. The van der Waals surface area contributed by atoms with Gasteiger partial charge in [0.05, 0.1) is 22.7 Å². The van der Waals surface area contributed by atoms with Crippen molar-refractivity contribution >= 4 is 17.2 Å². The Bertz CT molecular complexity index is 280. The lowest BCUT2D eigenvalue weighted by molar-refractivity contribution is -0.0278. The fraction of sp³-hybridized carbons (Fsp3) is 0.917. The fourth-order valence-electron chi connectivity index (χ4n) is 2.83. The van der Waals surface area contributed by atoms with Crippen LogP contribution in [0.5, 0.6) is 0 Å². The minimum Gasteiger partial charge on any atom is -0.392 e. The molecule has 2 unspecified atom stereocenters. The first kappa shape index (κ1) is 12.3. The van der Waals surface area contributed by atoms with Crippen LogP contribution in [0.3, 0.4) is 0 Å². The number of likely N-dealkylation sites (tertiary alicyclic amines) is 1. The molecule has 0 spiro atoms. The van der Waals surface area contributed by atoms with Gasteiger partial charge in [-0.15, -0.1) is 0 Å². The maximum Gasteiger partial charge on any atom is 0.0902 e. The summed E-state index contributed by atoms with van der Waals surface area (Å²) in [5.41, 5.74) is 5.82. The first-order valence-electron chi connectivity index (χ1n) is 6.19. The van der Waals surface area contributed by atoms with E-state index in [-0.39, 0.29) is 5.60 Å². The molecular weight excluding hydrogens is 220 g/mol. The van der Waals surface area contributed by atoms with Crippen LogP contribution >= 0.6 is 12.2 Å². The minimum atomic E-state index is 0.0586. The number of nitrogens with two attached hydrogens (primary N) is 1. The molecule has 2 rings (SSSR count). The highest BCUT2D eigenvalue weighted by Gasteiger charge is 2.35. The topological polar surface area (TPSA) is 38.5 Å². The number of hydrogen-bond acceptors (Lipinski definition) is 3. The van der Waals surface area contributed by atoms with Crippen LogP contribution < -0.4 is 5.73 Å². The largest absolute Gasteiger partial charge is 0.392 e. The first-order valence-corrected chi connectivity index (χ1v) is 6.60.